The number of hydrogen-bond donors (Lipinski definition) is 1. The van der Waals surface area contributed by atoms with E-state index in [2.05, 4.69) is 0 Å². The molecule has 1 aromatic rings. The van der Waals surface area contributed by atoms with Crippen LogP contribution in [0.3, 0.4) is 0 Å². The van der Waals surface area contributed by atoms with Crippen LogP contribution in [0, 0.1) is 19.8 Å². The number of aryl methyl sites for hydroxylation is 2. The van der Waals surface area contributed by atoms with Crippen molar-refractivity contribution in [2.45, 2.75) is 26.7 Å². The van der Waals surface area contributed by atoms with Gasteiger partial charge in [0.2, 0.25) is 0 Å². The topological polar surface area (TPSA) is 46.3 Å². The molecule has 1 aliphatic heterocycles. The summed E-state index contributed by atoms with van der Waals surface area (Å²) < 4.78 is 0. The number of rotatable bonds is 2. The quantitative estimate of drug-likeness (QED) is 0.848. The largest absolute Gasteiger partial charge is 0.393 e. The van der Waals surface area contributed by atoms with Gasteiger partial charge in [0.05, 0.1) is 9.87 Å². The third-order valence-corrected chi connectivity index (χ3v) is 4.96. The Morgan fingerprint density at radius 1 is 1.56 bits per heavy atom. The van der Waals surface area contributed by atoms with E-state index in [1.807, 2.05) is 24.8 Å². The predicted molar refractivity (Wildman–Crippen MR) is 79.2 cm³/mol. The lowest BCUT2D eigenvalue weighted by Crippen LogP contribution is -2.43. The van der Waals surface area contributed by atoms with Gasteiger partial charge in [-0.05, 0) is 38.3 Å². The van der Waals surface area contributed by atoms with Gasteiger partial charge in [-0.3, -0.25) is 4.79 Å². The Kier molecular flexibility index (Phi) is 4.02. The van der Waals surface area contributed by atoms with E-state index in [4.69, 9.17) is 18.0 Å². The van der Waals surface area contributed by atoms with Crippen molar-refractivity contribution in [1.82, 2.24) is 4.90 Å². The van der Waals surface area contributed by atoms with Gasteiger partial charge in [0.1, 0.15) is 0 Å². The molecule has 1 aromatic heterocycles. The first-order chi connectivity index (χ1) is 8.49. The molecule has 1 atom stereocenters. The van der Waals surface area contributed by atoms with Crippen molar-refractivity contribution in [3.05, 3.63) is 21.4 Å². The van der Waals surface area contributed by atoms with E-state index in [9.17, 15) is 4.79 Å². The summed E-state index contributed by atoms with van der Waals surface area (Å²) in [6, 6.07) is 1.98. The van der Waals surface area contributed by atoms with Crippen LogP contribution in [0.5, 0.6) is 0 Å². The Hall–Kier alpha value is -0.940. The fourth-order valence-electron chi connectivity index (χ4n) is 2.23. The average molecular weight is 282 g/mol. The van der Waals surface area contributed by atoms with Gasteiger partial charge < -0.3 is 10.6 Å². The lowest BCUT2D eigenvalue weighted by atomic mass is 9.98. The van der Waals surface area contributed by atoms with E-state index >= 15 is 0 Å². The van der Waals surface area contributed by atoms with Gasteiger partial charge in [0.25, 0.3) is 5.91 Å². The van der Waals surface area contributed by atoms with Crippen LogP contribution in [0.25, 0.3) is 0 Å². The second kappa shape index (κ2) is 5.36. The van der Waals surface area contributed by atoms with Crippen molar-refractivity contribution >= 4 is 34.5 Å². The molecular formula is C13H18N2OS2. The normalized spacial score (nSPS) is 19.9. The van der Waals surface area contributed by atoms with Crippen LogP contribution in [-0.2, 0) is 0 Å². The minimum absolute atomic E-state index is 0.122. The maximum atomic E-state index is 12.4. The van der Waals surface area contributed by atoms with Crippen LogP contribution in [-0.4, -0.2) is 28.9 Å². The second-order valence-electron chi connectivity index (χ2n) is 4.84. The van der Waals surface area contributed by atoms with Gasteiger partial charge in [-0.1, -0.05) is 12.2 Å². The zero-order chi connectivity index (χ0) is 13.3. The molecule has 3 nitrogen and oxygen atoms in total. The lowest BCUT2D eigenvalue weighted by Gasteiger charge is -2.31. The highest BCUT2D eigenvalue weighted by atomic mass is 32.1. The molecule has 0 spiro atoms. The Bertz CT molecular complexity index is 462. The number of thiocarbonyl (C=S) groups is 1. The summed E-state index contributed by atoms with van der Waals surface area (Å²) in [7, 11) is 0. The summed E-state index contributed by atoms with van der Waals surface area (Å²) >= 11 is 6.61. The maximum absolute atomic E-state index is 12.4. The van der Waals surface area contributed by atoms with E-state index in [0.717, 1.165) is 24.3 Å². The third-order valence-electron chi connectivity index (χ3n) is 3.49. The molecule has 1 fully saturated rings. The monoisotopic (exact) mass is 282 g/mol. The number of piperidine rings is 1. The highest BCUT2D eigenvalue weighted by Gasteiger charge is 2.26. The van der Waals surface area contributed by atoms with Crippen molar-refractivity contribution in [2.24, 2.45) is 11.7 Å². The fraction of sp³-hybridized carbons (Fsp3) is 0.538. The summed E-state index contributed by atoms with van der Waals surface area (Å²) in [6.07, 6.45) is 1.98. The van der Waals surface area contributed by atoms with Crippen molar-refractivity contribution in [1.29, 1.82) is 0 Å². The van der Waals surface area contributed by atoms with Gasteiger partial charge in [0, 0.05) is 23.9 Å². The fourth-order valence-corrected chi connectivity index (χ4v) is 3.42. The number of nitrogens with zero attached hydrogens (tertiary/aromatic N) is 1. The van der Waals surface area contributed by atoms with E-state index in [0.29, 0.717) is 11.5 Å². The SMILES string of the molecule is Cc1cc(C(=O)N2CCCC(C(N)=S)C2)sc1C. The third kappa shape index (κ3) is 2.72. The van der Waals surface area contributed by atoms with E-state index < -0.39 is 0 Å². The first-order valence-corrected chi connectivity index (χ1v) is 7.37. The molecule has 98 valence electrons. The molecule has 5 heteroatoms. The van der Waals surface area contributed by atoms with Crippen LogP contribution < -0.4 is 5.73 Å². The molecule has 0 aromatic carbocycles. The molecular weight excluding hydrogens is 264 g/mol. The predicted octanol–water partition coefficient (Wildman–Crippen LogP) is 2.50. The van der Waals surface area contributed by atoms with E-state index in [1.165, 1.54) is 10.4 Å². The first kappa shape index (κ1) is 13.5. The number of carbonyl (C=O) groups excluding carboxylic acids is 1. The molecule has 1 amide bonds. The minimum atomic E-state index is 0.122. The molecule has 2 rings (SSSR count). The summed E-state index contributed by atoms with van der Waals surface area (Å²) in [5.41, 5.74) is 6.88. The van der Waals surface area contributed by atoms with Crippen LogP contribution in [0.4, 0.5) is 0 Å². The van der Waals surface area contributed by atoms with Gasteiger partial charge >= 0.3 is 0 Å². The highest BCUT2D eigenvalue weighted by molar-refractivity contribution is 7.80. The second-order valence-corrected chi connectivity index (χ2v) is 6.57. The molecule has 0 saturated carbocycles. The Morgan fingerprint density at radius 3 is 2.83 bits per heavy atom. The lowest BCUT2D eigenvalue weighted by molar-refractivity contribution is 0.0708. The van der Waals surface area contributed by atoms with Crippen LogP contribution >= 0.6 is 23.6 Å². The number of amides is 1. The van der Waals surface area contributed by atoms with E-state index in [1.54, 1.807) is 11.3 Å². The molecule has 0 aliphatic carbocycles. The number of carbonyl (C=O) groups is 1. The summed E-state index contributed by atoms with van der Waals surface area (Å²) in [4.78, 5) is 16.8. The first-order valence-electron chi connectivity index (χ1n) is 6.14. The van der Waals surface area contributed by atoms with Crippen molar-refractivity contribution in [2.75, 3.05) is 13.1 Å². The summed E-state index contributed by atoms with van der Waals surface area (Å²) in [6.45, 7) is 5.57. The molecule has 18 heavy (non-hydrogen) atoms. The summed E-state index contributed by atoms with van der Waals surface area (Å²) in [5, 5.41) is 0. The van der Waals surface area contributed by atoms with Gasteiger partial charge in [-0.2, -0.15) is 0 Å². The molecule has 0 radical (unpaired) electrons. The van der Waals surface area contributed by atoms with Crippen LogP contribution in [0.15, 0.2) is 6.07 Å². The minimum Gasteiger partial charge on any atom is -0.393 e. The van der Waals surface area contributed by atoms with Crippen molar-refractivity contribution in [3.8, 4) is 0 Å². The van der Waals surface area contributed by atoms with Crippen molar-refractivity contribution in [3.63, 3.8) is 0 Å². The Labute approximate surface area is 117 Å². The van der Waals surface area contributed by atoms with Gasteiger partial charge in [-0.15, -0.1) is 11.3 Å². The zero-order valence-corrected chi connectivity index (χ0v) is 12.4. The van der Waals surface area contributed by atoms with E-state index in [-0.39, 0.29) is 11.8 Å². The molecule has 1 aliphatic rings. The Morgan fingerprint density at radius 2 is 2.28 bits per heavy atom. The molecule has 1 saturated heterocycles. The smallest absolute Gasteiger partial charge is 0.263 e. The molecule has 1 unspecified atom stereocenters. The highest BCUT2D eigenvalue weighted by Crippen LogP contribution is 2.24. The van der Waals surface area contributed by atoms with Gasteiger partial charge in [0.15, 0.2) is 0 Å². The average Bonchev–Trinajstić information content (AvgIpc) is 2.69. The number of thiophene rings is 1. The van der Waals surface area contributed by atoms with Crippen LogP contribution in [0.2, 0.25) is 0 Å². The van der Waals surface area contributed by atoms with Crippen LogP contribution in [0.1, 0.15) is 33.0 Å². The standard InChI is InChI=1S/C13H18N2OS2/c1-8-6-11(18-9(8)2)13(16)15-5-3-4-10(7-15)12(14)17/h6,10H,3-5,7H2,1-2H3,(H2,14,17). The number of hydrogen-bond acceptors (Lipinski definition) is 3. The Balaban J connectivity index is 2.11. The number of likely N-dealkylation sites (tertiary alicyclic amines) is 1. The van der Waals surface area contributed by atoms with Crippen molar-refractivity contribution < 1.29 is 4.79 Å². The number of nitrogens with two attached hydrogens (primary N) is 1. The summed E-state index contributed by atoms with van der Waals surface area (Å²) in [5.74, 6) is 0.303. The molecule has 2 heterocycles. The molecule has 2 N–H and O–H groups in total. The maximum Gasteiger partial charge on any atom is 0.263 e. The zero-order valence-electron chi connectivity index (χ0n) is 10.7. The van der Waals surface area contributed by atoms with Gasteiger partial charge in [-0.25, -0.2) is 0 Å². The molecule has 0 bridgehead atoms.